The van der Waals surface area contributed by atoms with Crippen molar-refractivity contribution in [3.05, 3.63) is 23.9 Å². The minimum Gasteiger partial charge on any atom is -0.396 e. The number of aliphatic hydroxyl groups excluding tert-OH is 1. The Morgan fingerprint density at radius 3 is 2.76 bits per heavy atom. The lowest BCUT2D eigenvalue weighted by atomic mass is 9.99. The van der Waals surface area contributed by atoms with Crippen LogP contribution in [0.2, 0.25) is 0 Å². The molecule has 25 heavy (non-hydrogen) atoms. The highest BCUT2D eigenvalue weighted by molar-refractivity contribution is 5.74. The van der Waals surface area contributed by atoms with E-state index in [4.69, 9.17) is 0 Å². The molecule has 2 amide bonds. The number of aromatic nitrogens is 1. The minimum absolute atomic E-state index is 0.0358. The number of anilines is 1. The number of carbonyl (C=O) groups is 1. The van der Waals surface area contributed by atoms with Gasteiger partial charge in [0.05, 0.1) is 0 Å². The number of hydrogen-bond acceptors (Lipinski definition) is 4. The molecule has 2 aliphatic heterocycles. The van der Waals surface area contributed by atoms with Crippen LogP contribution in [0.1, 0.15) is 44.1 Å². The van der Waals surface area contributed by atoms with Crippen molar-refractivity contribution < 1.29 is 9.90 Å². The normalized spacial score (nSPS) is 21.7. The standard InChI is InChI=1S/C19H30N4O2/c24-15-17-6-5-11-23(14-17)19(25)21-13-16-7-8-20-18(12-16)22-9-3-1-2-4-10-22/h7-8,12,17,24H,1-6,9-11,13-15H2,(H,21,25). The first-order valence-corrected chi connectivity index (χ1v) is 9.60. The third-order valence-corrected chi connectivity index (χ3v) is 5.25. The van der Waals surface area contributed by atoms with E-state index in [0.717, 1.165) is 43.9 Å². The molecule has 1 unspecified atom stereocenters. The molecule has 0 saturated carbocycles. The van der Waals surface area contributed by atoms with Crippen LogP contribution in [-0.4, -0.2) is 53.8 Å². The van der Waals surface area contributed by atoms with Gasteiger partial charge in [0, 0.05) is 45.5 Å². The van der Waals surface area contributed by atoms with E-state index in [1.54, 1.807) is 0 Å². The summed E-state index contributed by atoms with van der Waals surface area (Å²) in [6.45, 7) is 4.24. The molecular weight excluding hydrogens is 316 g/mol. The van der Waals surface area contributed by atoms with Gasteiger partial charge in [0.15, 0.2) is 0 Å². The van der Waals surface area contributed by atoms with Gasteiger partial charge in [-0.05, 0) is 49.3 Å². The Morgan fingerprint density at radius 1 is 1.20 bits per heavy atom. The monoisotopic (exact) mass is 346 g/mol. The van der Waals surface area contributed by atoms with E-state index >= 15 is 0 Å². The summed E-state index contributed by atoms with van der Waals surface area (Å²) in [6.07, 6.45) is 8.86. The maximum absolute atomic E-state index is 12.4. The average molecular weight is 346 g/mol. The molecule has 1 aromatic heterocycles. The van der Waals surface area contributed by atoms with Crippen LogP contribution in [0.15, 0.2) is 18.3 Å². The van der Waals surface area contributed by atoms with Gasteiger partial charge in [-0.1, -0.05) is 12.8 Å². The van der Waals surface area contributed by atoms with E-state index in [1.807, 2.05) is 17.2 Å². The van der Waals surface area contributed by atoms with Crippen molar-refractivity contribution in [1.29, 1.82) is 0 Å². The first-order chi connectivity index (χ1) is 12.3. The number of piperidine rings is 1. The summed E-state index contributed by atoms with van der Waals surface area (Å²) in [5, 5.41) is 12.3. The molecule has 3 heterocycles. The summed E-state index contributed by atoms with van der Waals surface area (Å²) in [6, 6.07) is 4.03. The van der Waals surface area contributed by atoms with Crippen molar-refractivity contribution in [2.24, 2.45) is 5.92 Å². The lowest BCUT2D eigenvalue weighted by Gasteiger charge is -2.31. The van der Waals surface area contributed by atoms with Gasteiger partial charge in [0.2, 0.25) is 0 Å². The maximum atomic E-state index is 12.4. The van der Waals surface area contributed by atoms with Gasteiger partial charge in [-0.15, -0.1) is 0 Å². The van der Waals surface area contributed by atoms with E-state index in [0.29, 0.717) is 13.1 Å². The van der Waals surface area contributed by atoms with Gasteiger partial charge in [0.1, 0.15) is 5.82 Å². The second-order valence-electron chi connectivity index (χ2n) is 7.22. The summed E-state index contributed by atoms with van der Waals surface area (Å²) in [7, 11) is 0. The minimum atomic E-state index is -0.0358. The Kier molecular flexibility index (Phi) is 6.50. The van der Waals surface area contributed by atoms with Crippen molar-refractivity contribution >= 4 is 11.8 Å². The van der Waals surface area contributed by atoms with Crippen LogP contribution < -0.4 is 10.2 Å². The number of nitrogens with one attached hydrogen (secondary N) is 1. The first-order valence-electron chi connectivity index (χ1n) is 9.60. The average Bonchev–Trinajstić information content (AvgIpc) is 2.96. The second kappa shape index (κ2) is 9.04. The zero-order chi connectivity index (χ0) is 17.5. The van der Waals surface area contributed by atoms with Crippen molar-refractivity contribution in [1.82, 2.24) is 15.2 Å². The van der Waals surface area contributed by atoms with Crippen molar-refractivity contribution in [3.8, 4) is 0 Å². The number of amides is 2. The predicted molar refractivity (Wildman–Crippen MR) is 98.5 cm³/mol. The van der Waals surface area contributed by atoms with Crippen LogP contribution in [0.3, 0.4) is 0 Å². The van der Waals surface area contributed by atoms with Crippen molar-refractivity contribution in [2.75, 3.05) is 37.7 Å². The summed E-state index contributed by atoms with van der Waals surface area (Å²) < 4.78 is 0. The highest BCUT2D eigenvalue weighted by atomic mass is 16.3. The smallest absolute Gasteiger partial charge is 0.317 e. The molecule has 0 radical (unpaired) electrons. The Morgan fingerprint density at radius 2 is 2.00 bits per heavy atom. The molecule has 6 heteroatoms. The highest BCUT2D eigenvalue weighted by Crippen LogP contribution is 2.19. The fourth-order valence-corrected chi connectivity index (χ4v) is 3.73. The lowest BCUT2D eigenvalue weighted by Crippen LogP contribution is -2.45. The molecule has 2 saturated heterocycles. The van der Waals surface area contributed by atoms with Gasteiger partial charge < -0.3 is 20.2 Å². The number of nitrogens with zero attached hydrogens (tertiary/aromatic N) is 3. The van der Waals surface area contributed by atoms with Crippen LogP contribution in [0.5, 0.6) is 0 Å². The van der Waals surface area contributed by atoms with E-state index in [9.17, 15) is 9.90 Å². The van der Waals surface area contributed by atoms with Crippen LogP contribution in [-0.2, 0) is 6.54 Å². The number of aliphatic hydroxyl groups is 1. The topological polar surface area (TPSA) is 68.7 Å². The van der Waals surface area contributed by atoms with Gasteiger partial charge in [-0.2, -0.15) is 0 Å². The Bertz CT molecular complexity index is 558. The van der Waals surface area contributed by atoms with E-state index in [-0.39, 0.29) is 18.6 Å². The van der Waals surface area contributed by atoms with Gasteiger partial charge in [0.25, 0.3) is 0 Å². The number of likely N-dealkylation sites (tertiary alicyclic amines) is 1. The zero-order valence-corrected chi connectivity index (χ0v) is 15.0. The second-order valence-corrected chi connectivity index (χ2v) is 7.22. The van der Waals surface area contributed by atoms with E-state index < -0.39 is 0 Å². The molecule has 2 fully saturated rings. The zero-order valence-electron chi connectivity index (χ0n) is 15.0. The van der Waals surface area contributed by atoms with E-state index in [1.165, 1.54) is 25.7 Å². The number of rotatable bonds is 4. The molecule has 138 valence electrons. The quantitative estimate of drug-likeness (QED) is 0.878. The molecule has 0 spiro atoms. The fraction of sp³-hybridized carbons (Fsp3) is 0.684. The molecule has 0 bridgehead atoms. The summed E-state index contributed by atoms with van der Waals surface area (Å²) >= 11 is 0. The van der Waals surface area contributed by atoms with Gasteiger partial charge in [-0.3, -0.25) is 0 Å². The fourth-order valence-electron chi connectivity index (χ4n) is 3.73. The number of pyridine rings is 1. The number of hydrogen-bond donors (Lipinski definition) is 2. The maximum Gasteiger partial charge on any atom is 0.317 e. The van der Waals surface area contributed by atoms with Crippen LogP contribution in [0, 0.1) is 5.92 Å². The summed E-state index contributed by atoms with van der Waals surface area (Å²) in [5.41, 5.74) is 1.08. The molecule has 3 rings (SSSR count). The van der Waals surface area contributed by atoms with Gasteiger partial charge >= 0.3 is 6.03 Å². The lowest BCUT2D eigenvalue weighted by molar-refractivity contribution is 0.129. The van der Waals surface area contributed by atoms with Crippen molar-refractivity contribution in [2.45, 2.75) is 45.1 Å². The van der Waals surface area contributed by atoms with Crippen molar-refractivity contribution in [3.63, 3.8) is 0 Å². The molecule has 0 aliphatic carbocycles. The Labute approximate surface area is 150 Å². The SMILES string of the molecule is O=C(NCc1ccnc(N2CCCCCC2)c1)N1CCCC(CO)C1. The molecule has 2 N–H and O–H groups in total. The first kappa shape index (κ1) is 18.0. The Balaban J connectivity index is 1.54. The Hall–Kier alpha value is -1.82. The molecule has 6 nitrogen and oxygen atoms in total. The van der Waals surface area contributed by atoms with Crippen LogP contribution in [0.4, 0.5) is 10.6 Å². The number of urea groups is 1. The largest absolute Gasteiger partial charge is 0.396 e. The molecule has 2 aliphatic rings. The highest BCUT2D eigenvalue weighted by Gasteiger charge is 2.22. The summed E-state index contributed by atoms with van der Waals surface area (Å²) in [4.78, 5) is 21.1. The third-order valence-electron chi connectivity index (χ3n) is 5.25. The van der Waals surface area contributed by atoms with Crippen LogP contribution in [0.25, 0.3) is 0 Å². The summed E-state index contributed by atoms with van der Waals surface area (Å²) in [5.74, 6) is 1.24. The number of carbonyl (C=O) groups excluding carboxylic acids is 1. The third kappa shape index (κ3) is 5.08. The molecule has 0 aromatic carbocycles. The van der Waals surface area contributed by atoms with Gasteiger partial charge in [-0.25, -0.2) is 9.78 Å². The predicted octanol–water partition coefficient (Wildman–Crippen LogP) is 2.38. The molecule has 1 atom stereocenters. The van der Waals surface area contributed by atoms with E-state index in [2.05, 4.69) is 21.3 Å². The molecular formula is C19H30N4O2. The molecule has 1 aromatic rings. The van der Waals surface area contributed by atoms with Crippen LogP contribution >= 0.6 is 0 Å².